The molecular weight excluding hydrogens is 451 g/mol. The lowest BCUT2D eigenvalue weighted by Crippen LogP contribution is -2.44. The quantitative estimate of drug-likeness (QED) is 0.590. The summed E-state index contributed by atoms with van der Waals surface area (Å²) in [6.07, 6.45) is 1.17. The van der Waals surface area contributed by atoms with Crippen LogP contribution in [0.1, 0.15) is 11.1 Å². The van der Waals surface area contributed by atoms with Crippen LogP contribution in [0.3, 0.4) is 0 Å². The smallest absolute Gasteiger partial charge is 0.336 e. The molecule has 0 spiro atoms. The van der Waals surface area contributed by atoms with Crippen molar-refractivity contribution in [2.45, 2.75) is 13.1 Å². The molecule has 2 aromatic carbocycles. The van der Waals surface area contributed by atoms with E-state index in [1.807, 2.05) is 43.4 Å². The van der Waals surface area contributed by atoms with Crippen LogP contribution in [0.15, 0.2) is 42.6 Å². The van der Waals surface area contributed by atoms with Gasteiger partial charge < -0.3 is 10.6 Å². The van der Waals surface area contributed by atoms with Crippen molar-refractivity contribution in [1.82, 2.24) is 30.6 Å². The van der Waals surface area contributed by atoms with Crippen LogP contribution in [-0.4, -0.2) is 60.2 Å². The highest BCUT2D eigenvalue weighted by Crippen LogP contribution is 2.36. The number of nitrogens with zero attached hydrogens (tertiary/aromatic N) is 6. The SMILES string of the molecule is CNC(=O)N1c2ccc(-c3ncc(F)c(-c4ccc5c(c4)CN(C)N5C(=O)NC)n3)cc2CN1C. The number of hydrogen-bond acceptors (Lipinski definition) is 6. The number of amides is 4. The number of halogens is 1. The van der Waals surface area contributed by atoms with Crippen LogP contribution < -0.4 is 20.7 Å². The molecule has 0 saturated carbocycles. The fraction of sp³-hybridized carbons (Fsp3) is 0.250. The standard InChI is InChI=1S/C24H25FN8O2/c1-26-23(34)32-19-7-5-14(9-16(19)12-30(32)3)21-18(25)11-28-22(29-21)15-6-8-20-17(10-15)13-31(4)33(20)24(35)27-2/h5-11H,12-13H2,1-4H3,(H,26,34)(H,27,35). The maximum Gasteiger partial charge on any atom is 0.336 e. The van der Waals surface area contributed by atoms with E-state index in [-0.39, 0.29) is 17.8 Å². The Morgan fingerprint density at radius 1 is 0.857 bits per heavy atom. The summed E-state index contributed by atoms with van der Waals surface area (Å²) in [4.78, 5) is 33.2. The number of anilines is 2. The maximum absolute atomic E-state index is 14.8. The van der Waals surface area contributed by atoms with Crippen LogP contribution in [0.25, 0.3) is 22.6 Å². The summed E-state index contributed by atoms with van der Waals surface area (Å²) < 4.78 is 14.8. The summed E-state index contributed by atoms with van der Waals surface area (Å²) >= 11 is 0. The predicted molar refractivity (Wildman–Crippen MR) is 130 cm³/mol. The van der Waals surface area contributed by atoms with E-state index >= 15 is 0 Å². The Labute approximate surface area is 201 Å². The Kier molecular flexibility index (Phi) is 5.58. The summed E-state index contributed by atoms with van der Waals surface area (Å²) in [7, 11) is 6.81. The minimum absolute atomic E-state index is 0.184. The molecule has 2 aliphatic rings. The Morgan fingerprint density at radius 3 is 1.91 bits per heavy atom. The van der Waals surface area contributed by atoms with Crippen LogP contribution in [0.5, 0.6) is 0 Å². The molecule has 0 radical (unpaired) electrons. The van der Waals surface area contributed by atoms with Gasteiger partial charge in [-0.3, -0.25) is 0 Å². The second-order valence-corrected chi connectivity index (χ2v) is 8.44. The summed E-state index contributed by atoms with van der Waals surface area (Å²) in [5.41, 5.74) is 4.87. The first kappa shape index (κ1) is 22.7. The van der Waals surface area contributed by atoms with Gasteiger partial charge in [0.15, 0.2) is 11.6 Å². The van der Waals surface area contributed by atoms with Crippen molar-refractivity contribution in [2.24, 2.45) is 0 Å². The number of carbonyl (C=O) groups excluding carboxylic acids is 2. The van der Waals surface area contributed by atoms with Gasteiger partial charge in [-0.1, -0.05) is 6.07 Å². The molecule has 5 rings (SSSR count). The second-order valence-electron chi connectivity index (χ2n) is 8.44. The molecule has 3 heterocycles. The first-order valence-corrected chi connectivity index (χ1v) is 11.1. The van der Waals surface area contributed by atoms with Gasteiger partial charge in [-0.15, -0.1) is 0 Å². The summed E-state index contributed by atoms with van der Waals surface area (Å²) in [6, 6.07) is 10.5. The van der Waals surface area contributed by atoms with Gasteiger partial charge >= 0.3 is 12.1 Å². The van der Waals surface area contributed by atoms with Crippen molar-refractivity contribution in [1.29, 1.82) is 0 Å². The molecule has 2 N–H and O–H groups in total. The largest absolute Gasteiger partial charge is 0.340 e. The van der Waals surface area contributed by atoms with Crippen molar-refractivity contribution >= 4 is 23.4 Å². The minimum Gasteiger partial charge on any atom is -0.340 e. The summed E-state index contributed by atoms with van der Waals surface area (Å²) in [5, 5.41) is 12.0. The van der Waals surface area contributed by atoms with E-state index in [4.69, 9.17) is 0 Å². The topological polar surface area (TPSA) is 96.9 Å². The molecule has 2 aliphatic heterocycles. The van der Waals surface area contributed by atoms with Crippen molar-refractivity contribution in [3.8, 4) is 22.6 Å². The average Bonchev–Trinajstić information content (AvgIpc) is 3.37. The van der Waals surface area contributed by atoms with E-state index in [0.29, 0.717) is 24.5 Å². The molecule has 0 unspecified atom stereocenters. The van der Waals surface area contributed by atoms with Crippen LogP contribution in [0, 0.1) is 5.82 Å². The van der Waals surface area contributed by atoms with E-state index in [9.17, 15) is 14.0 Å². The number of nitrogens with one attached hydrogen (secondary N) is 2. The second kappa shape index (κ2) is 8.60. The van der Waals surface area contributed by atoms with Gasteiger partial charge in [-0.2, -0.15) is 0 Å². The number of carbonyl (C=O) groups is 2. The van der Waals surface area contributed by atoms with Gasteiger partial charge in [0, 0.05) is 52.4 Å². The normalized spacial score (nSPS) is 15.2. The first-order chi connectivity index (χ1) is 16.8. The monoisotopic (exact) mass is 476 g/mol. The molecule has 0 fully saturated rings. The Hall–Kier alpha value is -4.09. The number of urea groups is 2. The molecule has 10 nitrogen and oxygen atoms in total. The highest BCUT2D eigenvalue weighted by Gasteiger charge is 2.31. The zero-order valence-electron chi connectivity index (χ0n) is 19.8. The van der Waals surface area contributed by atoms with Gasteiger partial charge in [0.05, 0.1) is 17.6 Å². The molecule has 0 bridgehead atoms. The van der Waals surface area contributed by atoms with E-state index in [1.165, 1.54) is 6.20 Å². The third-order valence-electron chi connectivity index (χ3n) is 6.18. The van der Waals surface area contributed by atoms with Crippen LogP contribution in [0.2, 0.25) is 0 Å². The maximum atomic E-state index is 14.8. The van der Waals surface area contributed by atoms with Crippen molar-refractivity contribution in [3.63, 3.8) is 0 Å². The Bertz CT molecular complexity index is 1350. The van der Waals surface area contributed by atoms with E-state index in [2.05, 4.69) is 20.6 Å². The third kappa shape index (κ3) is 3.74. The highest BCUT2D eigenvalue weighted by molar-refractivity contribution is 5.94. The van der Waals surface area contributed by atoms with Gasteiger partial charge in [-0.05, 0) is 41.5 Å². The molecule has 1 aromatic heterocycles. The number of hydrogen-bond donors (Lipinski definition) is 2. The van der Waals surface area contributed by atoms with Gasteiger partial charge in [-0.25, -0.2) is 44.0 Å². The van der Waals surface area contributed by atoms with Crippen LogP contribution >= 0.6 is 0 Å². The molecule has 0 saturated heterocycles. The van der Waals surface area contributed by atoms with E-state index in [1.54, 1.807) is 41.3 Å². The Balaban J connectivity index is 1.50. The van der Waals surface area contributed by atoms with E-state index < -0.39 is 5.82 Å². The lowest BCUT2D eigenvalue weighted by Gasteiger charge is -2.24. The molecule has 4 amide bonds. The molecule has 35 heavy (non-hydrogen) atoms. The zero-order valence-corrected chi connectivity index (χ0v) is 19.8. The van der Waals surface area contributed by atoms with Crippen LogP contribution in [0.4, 0.5) is 25.4 Å². The van der Waals surface area contributed by atoms with Crippen LogP contribution in [-0.2, 0) is 13.1 Å². The lowest BCUT2D eigenvalue weighted by molar-refractivity contribution is 0.227. The number of fused-ring (bicyclic) bond motifs is 2. The predicted octanol–water partition coefficient (Wildman–Crippen LogP) is 2.96. The fourth-order valence-corrected chi connectivity index (χ4v) is 4.58. The van der Waals surface area contributed by atoms with Gasteiger partial charge in [0.2, 0.25) is 0 Å². The highest BCUT2D eigenvalue weighted by atomic mass is 19.1. The van der Waals surface area contributed by atoms with Gasteiger partial charge in [0.1, 0.15) is 5.69 Å². The molecule has 0 aliphatic carbocycles. The minimum atomic E-state index is -0.533. The zero-order chi connectivity index (χ0) is 24.9. The number of rotatable bonds is 2. The number of hydrazine groups is 2. The lowest BCUT2D eigenvalue weighted by atomic mass is 10.1. The third-order valence-corrected chi connectivity index (χ3v) is 6.18. The molecule has 180 valence electrons. The summed E-state index contributed by atoms with van der Waals surface area (Å²) in [5.74, 6) is -0.148. The summed E-state index contributed by atoms with van der Waals surface area (Å²) in [6.45, 7) is 1.06. The first-order valence-electron chi connectivity index (χ1n) is 11.1. The fourth-order valence-electron chi connectivity index (χ4n) is 4.58. The Morgan fingerprint density at radius 2 is 1.37 bits per heavy atom. The average molecular weight is 477 g/mol. The van der Waals surface area contributed by atoms with Crippen molar-refractivity contribution < 1.29 is 14.0 Å². The molecule has 3 aromatic rings. The number of aromatic nitrogens is 2. The number of benzene rings is 2. The van der Waals surface area contributed by atoms with Crippen molar-refractivity contribution in [3.05, 3.63) is 59.5 Å². The van der Waals surface area contributed by atoms with E-state index in [0.717, 1.165) is 28.1 Å². The van der Waals surface area contributed by atoms with Gasteiger partial charge in [0.25, 0.3) is 0 Å². The molecular formula is C24H25FN8O2. The molecule has 0 atom stereocenters. The molecule has 11 heteroatoms. The van der Waals surface area contributed by atoms with Crippen molar-refractivity contribution in [2.75, 3.05) is 38.2 Å².